The smallest absolute Gasteiger partial charge is 0.282 e. The molecule has 0 spiro atoms. The van der Waals surface area contributed by atoms with Gasteiger partial charge in [-0.1, -0.05) is 12.1 Å². The third-order valence-electron chi connectivity index (χ3n) is 4.15. The molecule has 0 radical (unpaired) electrons. The second kappa shape index (κ2) is 6.62. The van der Waals surface area contributed by atoms with Gasteiger partial charge in [0, 0.05) is 11.6 Å². The fourth-order valence-corrected chi connectivity index (χ4v) is 2.85. The van der Waals surface area contributed by atoms with Crippen molar-refractivity contribution >= 4 is 22.6 Å². The molecular weight excluding hydrogens is 352 g/mol. The summed E-state index contributed by atoms with van der Waals surface area (Å²) in [5, 5.41) is 10.9. The molecule has 1 heterocycles. The molecule has 5 nitrogen and oxygen atoms in total. The Balaban J connectivity index is 1.67. The molecule has 1 amide bonds. The van der Waals surface area contributed by atoms with Crippen molar-refractivity contribution in [3.05, 3.63) is 84.2 Å². The van der Waals surface area contributed by atoms with Gasteiger partial charge in [0.05, 0.1) is 23.0 Å². The van der Waals surface area contributed by atoms with Crippen LogP contribution in [0.4, 0.5) is 14.5 Å². The van der Waals surface area contributed by atoms with Gasteiger partial charge in [-0.25, -0.2) is 13.8 Å². The zero-order valence-corrected chi connectivity index (χ0v) is 13.9. The zero-order chi connectivity index (χ0) is 19.0. The van der Waals surface area contributed by atoms with Crippen molar-refractivity contribution in [1.82, 2.24) is 9.97 Å². The van der Waals surface area contributed by atoms with Crippen molar-refractivity contribution in [3.8, 4) is 11.1 Å². The molecule has 0 atom stereocenters. The lowest BCUT2D eigenvalue weighted by atomic mass is 10.0. The summed E-state index contributed by atoms with van der Waals surface area (Å²) in [6.45, 7) is 0. The number of benzene rings is 3. The maximum Gasteiger partial charge on any atom is 0.282 e. The van der Waals surface area contributed by atoms with Crippen molar-refractivity contribution < 1.29 is 18.8 Å². The number of aromatic amines is 1. The van der Waals surface area contributed by atoms with Gasteiger partial charge in [0.25, 0.3) is 5.91 Å². The van der Waals surface area contributed by atoms with Gasteiger partial charge in [0.15, 0.2) is 0 Å². The number of rotatable bonds is 3. The molecule has 4 rings (SSSR count). The van der Waals surface area contributed by atoms with Gasteiger partial charge in [0.1, 0.15) is 11.6 Å². The van der Waals surface area contributed by atoms with E-state index >= 15 is 0 Å². The van der Waals surface area contributed by atoms with Crippen LogP contribution in [0.5, 0.6) is 0 Å². The van der Waals surface area contributed by atoms with Crippen molar-refractivity contribution in [2.45, 2.75) is 0 Å². The number of hydroxylamine groups is 1. The Labute approximate surface area is 152 Å². The van der Waals surface area contributed by atoms with E-state index in [0.29, 0.717) is 27.2 Å². The molecule has 0 saturated heterocycles. The van der Waals surface area contributed by atoms with Gasteiger partial charge in [0.2, 0.25) is 0 Å². The van der Waals surface area contributed by atoms with E-state index in [1.165, 1.54) is 30.6 Å². The molecule has 4 aromatic rings. The standard InChI is InChI=1S/C20H13F2N3O2/c21-15-6-14(7-16(22)10-15)12-2-1-3-17(8-12)25(27)20(26)13-4-5-18-19(9-13)24-11-23-18/h1-11,27H,(H,23,24). The maximum atomic E-state index is 13.5. The van der Waals surface area contributed by atoms with Gasteiger partial charge in [-0.05, 0) is 53.6 Å². The van der Waals surface area contributed by atoms with Crippen LogP contribution in [-0.2, 0) is 0 Å². The molecule has 2 N–H and O–H groups in total. The minimum absolute atomic E-state index is 0.173. The van der Waals surface area contributed by atoms with Crippen LogP contribution in [0.15, 0.2) is 67.0 Å². The summed E-state index contributed by atoms with van der Waals surface area (Å²) in [5.41, 5.74) is 2.56. The number of hydrogen-bond acceptors (Lipinski definition) is 3. The number of anilines is 1. The number of nitrogens with zero attached hydrogens (tertiary/aromatic N) is 2. The molecule has 0 bridgehead atoms. The number of carbonyl (C=O) groups excluding carboxylic acids is 1. The van der Waals surface area contributed by atoms with Crippen molar-refractivity contribution in [1.29, 1.82) is 0 Å². The molecule has 0 saturated carbocycles. The van der Waals surface area contributed by atoms with Crippen molar-refractivity contribution in [2.24, 2.45) is 0 Å². The highest BCUT2D eigenvalue weighted by Gasteiger charge is 2.17. The number of carbonyl (C=O) groups is 1. The number of aromatic nitrogens is 2. The van der Waals surface area contributed by atoms with Gasteiger partial charge in [-0.3, -0.25) is 10.0 Å². The molecule has 27 heavy (non-hydrogen) atoms. The first-order valence-corrected chi connectivity index (χ1v) is 8.04. The van der Waals surface area contributed by atoms with Crippen LogP contribution in [0.2, 0.25) is 0 Å². The summed E-state index contributed by atoms with van der Waals surface area (Å²) >= 11 is 0. The minimum Gasteiger partial charge on any atom is -0.345 e. The van der Waals surface area contributed by atoms with E-state index in [1.54, 1.807) is 30.3 Å². The molecule has 134 valence electrons. The van der Waals surface area contributed by atoms with Crippen LogP contribution in [0, 0.1) is 11.6 Å². The number of nitrogens with one attached hydrogen (secondary N) is 1. The van der Waals surface area contributed by atoms with E-state index in [-0.39, 0.29) is 11.3 Å². The second-order valence-electron chi connectivity index (χ2n) is 5.96. The normalized spacial score (nSPS) is 10.9. The van der Waals surface area contributed by atoms with Gasteiger partial charge < -0.3 is 4.98 Å². The number of H-pyrrole nitrogens is 1. The van der Waals surface area contributed by atoms with E-state index in [0.717, 1.165) is 6.07 Å². The summed E-state index contributed by atoms with van der Waals surface area (Å²) in [6.07, 6.45) is 1.51. The summed E-state index contributed by atoms with van der Waals surface area (Å²) in [6, 6.07) is 14.1. The number of hydrogen-bond donors (Lipinski definition) is 2. The topological polar surface area (TPSA) is 69.2 Å². The number of amides is 1. The Bertz CT molecular complexity index is 1140. The van der Waals surface area contributed by atoms with Crippen LogP contribution in [0.25, 0.3) is 22.2 Å². The average Bonchev–Trinajstić information content (AvgIpc) is 3.14. The zero-order valence-electron chi connectivity index (χ0n) is 13.9. The highest BCUT2D eigenvalue weighted by atomic mass is 19.1. The van der Waals surface area contributed by atoms with Crippen LogP contribution in [-0.4, -0.2) is 21.1 Å². The molecule has 0 aliphatic carbocycles. The van der Waals surface area contributed by atoms with E-state index in [2.05, 4.69) is 9.97 Å². The van der Waals surface area contributed by atoms with Crippen LogP contribution < -0.4 is 5.06 Å². The molecule has 7 heteroatoms. The quantitative estimate of drug-likeness (QED) is 0.414. The monoisotopic (exact) mass is 365 g/mol. The summed E-state index contributed by atoms with van der Waals surface area (Å²) in [7, 11) is 0. The Morgan fingerprint density at radius 3 is 2.52 bits per heavy atom. The minimum atomic E-state index is -0.708. The van der Waals surface area contributed by atoms with Gasteiger partial charge in [-0.15, -0.1) is 0 Å². The SMILES string of the molecule is O=C(c1ccc2nc[nH]c2c1)N(O)c1cccc(-c2cc(F)cc(F)c2)c1. The van der Waals surface area contributed by atoms with Crippen LogP contribution in [0.1, 0.15) is 10.4 Å². The third-order valence-corrected chi connectivity index (χ3v) is 4.15. The molecule has 0 fully saturated rings. The first-order valence-electron chi connectivity index (χ1n) is 8.04. The summed E-state index contributed by atoms with van der Waals surface area (Å²) < 4.78 is 26.9. The van der Waals surface area contributed by atoms with Crippen molar-refractivity contribution in [3.63, 3.8) is 0 Å². The molecule has 0 aliphatic heterocycles. The number of halogens is 2. The van der Waals surface area contributed by atoms with Gasteiger partial charge in [-0.2, -0.15) is 5.06 Å². The number of imidazole rings is 1. The predicted octanol–water partition coefficient (Wildman–Crippen LogP) is 4.54. The largest absolute Gasteiger partial charge is 0.345 e. The highest BCUT2D eigenvalue weighted by molar-refractivity contribution is 6.06. The van der Waals surface area contributed by atoms with Crippen LogP contribution >= 0.6 is 0 Å². The Hall–Kier alpha value is -3.58. The lowest BCUT2D eigenvalue weighted by molar-refractivity contribution is 0.0855. The second-order valence-corrected chi connectivity index (χ2v) is 5.96. The summed E-state index contributed by atoms with van der Waals surface area (Å²) in [5.74, 6) is -2.06. The molecule has 0 aliphatic rings. The first kappa shape index (κ1) is 16.9. The predicted molar refractivity (Wildman–Crippen MR) is 96.5 cm³/mol. The maximum absolute atomic E-state index is 13.5. The lowest BCUT2D eigenvalue weighted by Crippen LogP contribution is -2.26. The highest BCUT2D eigenvalue weighted by Crippen LogP contribution is 2.26. The first-order chi connectivity index (χ1) is 13.0. The summed E-state index contributed by atoms with van der Waals surface area (Å²) in [4.78, 5) is 19.6. The van der Waals surface area contributed by atoms with Crippen LogP contribution in [0.3, 0.4) is 0 Å². The fraction of sp³-hybridized carbons (Fsp3) is 0. The molecular formula is C20H13F2N3O2. The average molecular weight is 365 g/mol. The lowest BCUT2D eigenvalue weighted by Gasteiger charge is -2.16. The Morgan fingerprint density at radius 2 is 1.74 bits per heavy atom. The van der Waals surface area contributed by atoms with E-state index in [4.69, 9.17) is 0 Å². The van der Waals surface area contributed by atoms with E-state index in [1.807, 2.05) is 0 Å². The Morgan fingerprint density at radius 1 is 0.963 bits per heavy atom. The van der Waals surface area contributed by atoms with Gasteiger partial charge >= 0.3 is 0 Å². The van der Waals surface area contributed by atoms with E-state index in [9.17, 15) is 18.8 Å². The Kier molecular flexibility index (Phi) is 4.13. The third kappa shape index (κ3) is 3.28. The fourth-order valence-electron chi connectivity index (χ4n) is 2.85. The van der Waals surface area contributed by atoms with E-state index < -0.39 is 17.5 Å². The molecule has 1 aromatic heterocycles. The number of fused-ring (bicyclic) bond motifs is 1. The molecule has 3 aromatic carbocycles. The molecule has 0 unspecified atom stereocenters. The van der Waals surface area contributed by atoms with Crippen molar-refractivity contribution in [2.75, 3.05) is 5.06 Å².